The molecule has 3 nitrogen and oxygen atoms in total. The summed E-state index contributed by atoms with van der Waals surface area (Å²) in [6.45, 7) is 6.87. The van der Waals surface area contributed by atoms with Crippen molar-refractivity contribution in [3.05, 3.63) is 29.8 Å². The number of rotatable bonds is 4. The van der Waals surface area contributed by atoms with Crippen LogP contribution in [0.15, 0.2) is 24.3 Å². The van der Waals surface area contributed by atoms with Crippen molar-refractivity contribution in [1.29, 1.82) is 0 Å². The summed E-state index contributed by atoms with van der Waals surface area (Å²) in [7, 11) is 0. The minimum absolute atomic E-state index is 0.161. The van der Waals surface area contributed by atoms with E-state index in [1.165, 1.54) is 50.0 Å². The Morgan fingerprint density at radius 2 is 1.76 bits per heavy atom. The van der Waals surface area contributed by atoms with Crippen LogP contribution in [0.2, 0.25) is 0 Å². The number of hydrogen-bond acceptors (Lipinski definition) is 3. The van der Waals surface area contributed by atoms with E-state index >= 15 is 0 Å². The highest BCUT2D eigenvalue weighted by Crippen LogP contribution is 2.29. The van der Waals surface area contributed by atoms with Crippen molar-refractivity contribution in [1.82, 2.24) is 4.90 Å². The first-order chi connectivity index (χ1) is 10.3. The van der Waals surface area contributed by atoms with Gasteiger partial charge in [-0.2, -0.15) is 0 Å². The third kappa shape index (κ3) is 3.24. The minimum Gasteiger partial charge on any atom is -0.369 e. The van der Waals surface area contributed by atoms with E-state index in [0.29, 0.717) is 0 Å². The third-order valence-corrected chi connectivity index (χ3v) is 5.27. The molecule has 1 aromatic rings. The SMILES string of the molecule is CC[C@H](N)c1ccccc1N1CCN(C2CCCC2)CC1. The zero-order valence-electron chi connectivity index (χ0n) is 13.3. The van der Waals surface area contributed by atoms with Gasteiger partial charge in [-0.15, -0.1) is 0 Å². The highest BCUT2D eigenvalue weighted by Gasteiger charge is 2.27. The lowest BCUT2D eigenvalue weighted by atomic mass is 10.0. The predicted octanol–water partition coefficient (Wildman–Crippen LogP) is 3.16. The van der Waals surface area contributed by atoms with Gasteiger partial charge in [-0.05, 0) is 30.9 Å². The van der Waals surface area contributed by atoms with Crippen LogP contribution < -0.4 is 10.6 Å². The van der Waals surface area contributed by atoms with Gasteiger partial charge in [0, 0.05) is 44.0 Å². The normalized spacial score (nSPS) is 22.7. The predicted molar refractivity (Wildman–Crippen MR) is 89.7 cm³/mol. The number of benzene rings is 1. The molecule has 0 aromatic heterocycles. The van der Waals surface area contributed by atoms with Crippen LogP contribution in [0.25, 0.3) is 0 Å². The zero-order valence-corrected chi connectivity index (χ0v) is 13.3. The highest BCUT2D eigenvalue weighted by molar-refractivity contribution is 5.55. The number of nitrogens with two attached hydrogens (primary N) is 1. The number of piperazine rings is 1. The van der Waals surface area contributed by atoms with E-state index in [-0.39, 0.29) is 6.04 Å². The standard InChI is InChI=1S/C18H29N3/c1-2-17(19)16-9-5-6-10-18(16)21-13-11-20(12-14-21)15-7-3-4-8-15/h5-6,9-10,15,17H,2-4,7-8,11-14,19H2,1H3/t17-/m0/s1. The van der Waals surface area contributed by atoms with Gasteiger partial charge in [-0.1, -0.05) is 38.0 Å². The molecule has 116 valence electrons. The minimum atomic E-state index is 0.161. The number of hydrogen-bond donors (Lipinski definition) is 1. The van der Waals surface area contributed by atoms with Gasteiger partial charge in [-0.3, -0.25) is 4.90 Å². The van der Waals surface area contributed by atoms with Gasteiger partial charge in [0.25, 0.3) is 0 Å². The van der Waals surface area contributed by atoms with E-state index < -0.39 is 0 Å². The lowest BCUT2D eigenvalue weighted by Gasteiger charge is -2.40. The molecule has 1 saturated carbocycles. The van der Waals surface area contributed by atoms with Crippen molar-refractivity contribution in [3.63, 3.8) is 0 Å². The van der Waals surface area contributed by atoms with Crippen LogP contribution in [0.4, 0.5) is 5.69 Å². The average molecular weight is 287 g/mol. The highest BCUT2D eigenvalue weighted by atomic mass is 15.3. The first-order valence-corrected chi connectivity index (χ1v) is 8.63. The molecule has 2 fully saturated rings. The maximum absolute atomic E-state index is 6.29. The van der Waals surface area contributed by atoms with E-state index in [0.717, 1.165) is 25.6 Å². The second-order valence-corrected chi connectivity index (χ2v) is 6.53. The summed E-state index contributed by atoms with van der Waals surface area (Å²) < 4.78 is 0. The summed E-state index contributed by atoms with van der Waals surface area (Å²) in [5.74, 6) is 0. The van der Waals surface area contributed by atoms with Crippen molar-refractivity contribution in [2.24, 2.45) is 5.73 Å². The molecule has 1 aromatic carbocycles. The molecule has 1 saturated heterocycles. The van der Waals surface area contributed by atoms with Crippen molar-refractivity contribution in [2.75, 3.05) is 31.1 Å². The van der Waals surface area contributed by atoms with Crippen LogP contribution in [-0.4, -0.2) is 37.1 Å². The molecule has 1 heterocycles. The Bertz CT molecular complexity index is 446. The molecule has 0 radical (unpaired) electrons. The molecule has 0 amide bonds. The summed E-state index contributed by atoms with van der Waals surface area (Å²) in [4.78, 5) is 5.25. The summed E-state index contributed by atoms with van der Waals surface area (Å²) in [5.41, 5.74) is 8.96. The van der Waals surface area contributed by atoms with Crippen molar-refractivity contribution in [3.8, 4) is 0 Å². The third-order valence-electron chi connectivity index (χ3n) is 5.27. The fourth-order valence-corrected chi connectivity index (χ4v) is 3.91. The van der Waals surface area contributed by atoms with Crippen LogP contribution in [0.5, 0.6) is 0 Å². The number of para-hydroxylation sites is 1. The van der Waals surface area contributed by atoms with Crippen LogP contribution in [-0.2, 0) is 0 Å². The van der Waals surface area contributed by atoms with Gasteiger partial charge in [0.05, 0.1) is 0 Å². The Morgan fingerprint density at radius 3 is 2.43 bits per heavy atom. The molecular weight excluding hydrogens is 258 g/mol. The molecule has 1 atom stereocenters. The fourth-order valence-electron chi connectivity index (χ4n) is 3.91. The molecule has 0 bridgehead atoms. The lowest BCUT2D eigenvalue weighted by molar-refractivity contribution is 0.187. The van der Waals surface area contributed by atoms with Crippen LogP contribution in [0, 0.1) is 0 Å². The topological polar surface area (TPSA) is 32.5 Å². The maximum Gasteiger partial charge on any atom is 0.0415 e. The molecule has 2 aliphatic rings. The second kappa shape index (κ2) is 6.80. The van der Waals surface area contributed by atoms with E-state index in [1.54, 1.807) is 0 Å². The van der Waals surface area contributed by atoms with E-state index in [9.17, 15) is 0 Å². The van der Waals surface area contributed by atoms with Gasteiger partial charge >= 0.3 is 0 Å². The quantitative estimate of drug-likeness (QED) is 0.923. The van der Waals surface area contributed by atoms with Crippen LogP contribution in [0.1, 0.15) is 50.6 Å². The molecule has 0 spiro atoms. The molecule has 1 aliphatic carbocycles. The van der Waals surface area contributed by atoms with Gasteiger partial charge in [-0.25, -0.2) is 0 Å². The lowest BCUT2D eigenvalue weighted by Crippen LogP contribution is -2.50. The first-order valence-electron chi connectivity index (χ1n) is 8.63. The largest absolute Gasteiger partial charge is 0.369 e. The second-order valence-electron chi connectivity index (χ2n) is 6.53. The number of nitrogens with zero attached hydrogens (tertiary/aromatic N) is 2. The first kappa shape index (κ1) is 14.9. The summed E-state index contributed by atoms with van der Waals surface area (Å²) >= 11 is 0. The monoisotopic (exact) mass is 287 g/mol. The van der Waals surface area contributed by atoms with Gasteiger partial charge < -0.3 is 10.6 Å². The van der Waals surface area contributed by atoms with Gasteiger partial charge in [0.1, 0.15) is 0 Å². The van der Waals surface area contributed by atoms with Crippen molar-refractivity contribution in [2.45, 2.75) is 51.1 Å². The Morgan fingerprint density at radius 1 is 1.10 bits per heavy atom. The van der Waals surface area contributed by atoms with Gasteiger partial charge in [0.15, 0.2) is 0 Å². The van der Waals surface area contributed by atoms with E-state index in [4.69, 9.17) is 5.73 Å². The molecule has 1 aliphatic heterocycles. The van der Waals surface area contributed by atoms with Crippen molar-refractivity contribution < 1.29 is 0 Å². The molecule has 21 heavy (non-hydrogen) atoms. The van der Waals surface area contributed by atoms with E-state index in [1.807, 2.05) is 0 Å². The molecule has 2 N–H and O–H groups in total. The molecule has 3 rings (SSSR count). The Hall–Kier alpha value is -1.06. The molecular formula is C18H29N3. The molecule has 3 heteroatoms. The summed E-state index contributed by atoms with van der Waals surface area (Å²) in [6.07, 6.45) is 6.69. The maximum atomic E-state index is 6.29. The fraction of sp³-hybridized carbons (Fsp3) is 0.667. The summed E-state index contributed by atoms with van der Waals surface area (Å²) in [5, 5.41) is 0. The van der Waals surface area contributed by atoms with Crippen molar-refractivity contribution >= 4 is 5.69 Å². The Balaban J connectivity index is 1.66. The zero-order chi connectivity index (χ0) is 14.7. The van der Waals surface area contributed by atoms with Gasteiger partial charge in [0.2, 0.25) is 0 Å². The van der Waals surface area contributed by atoms with E-state index in [2.05, 4.69) is 41.0 Å². The average Bonchev–Trinajstić information content (AvgIpc) is 3.09. The van der Waals surface area contributed by atoms with Crippen LogP contribution in [0.3, 0.4) is 0 Å². The Labute approximate surface area is 129 Å². The smallest absolute Gasteiger partial charge is 0.0415 e. The van der Waals surface area contributed by atoms with Crippen LogP contribution >= 0.6 is 0 Å². The summed E-state index contributed by atoms with van der Waals surface area (Å²) in [6, 6.07) is 9.73. The Kier molecular flexibility index (Phi) is 4.81. The number of anilines is 1. The molecule has 0 unspecified atom stereocenters.